The van der Waals surface area contributed by atoms with Crippen LogP contribution >= 0.6 is 0 Å². The molecule has 0 heterocycles. The maximum atomic E-state index is 11.0. The quantitative estimate of drug-likeness (QED) is 0.498. The Morgan fingerprint density at radius 3 is 2.57 bits per heavy atom. The van der Waals surface area contributed by atoms with Crippen molar-refractivity contribution in [2.24, 2.45) is 0 Å². The highest BCUT2D eigenvalue weighted by Gasteiger charge is 2.18. The SMILES string of the molecule is CC(C)OC(=O)CNCC(C)(O)CO. The molecular formula is C9H19NO4. The van der Waals surface area contributed by atoms with E-state index in [9.17, 15) is 9.90 Å². The van der Waals surface area contributed by atoms with Crippen LogP contribution in [-0.4, -0.2) is 47.6 Å². The van der Waals surface area contributed by atoms with E-state index in [-0.39, 0.29) is 31.8 Å². The number of rotatable bonds is 6. The fourth-order valence-corrected chi connectivity index (χ4v) is 0.794. The summed E-state index contributed by atoms with van der Waals surface area (Å²) in [6.07, 6.45) is -0.136. The van der Waals surface area contributed by atoms with Crippen LogP contribution in [0.3, 0.4) is 0 Å². The van der Waals surface area contributed by atoms with E-state index in [2.05, 4.69) is 5.32 Å². The molecule has 0 amide bonds. The molecule has 0 aliphatic heterocycles. The van der Waals surface area contributed by atoms with Gasteiger partial charge in [-0.3, -0.25) is 4.79 Å². The zero-order valence-corrected chi connectivity index (χ0v) is 8.91. The third-order valence-electron chi connectivity index (χ3n) is 1.48. The summed E-state index contributed by atoms with van der Waals surface area (Å²) in [6.45, 7) is 4.85. The summed E-state index contributed by atoms with van der Waals surface area (Å²) in [5, 5.41) is 20.7. The van der Waals surface area contributed by atoms with Crippen LogP contribution in [0.1, 0.15) is 20.8 Å². The molecule has 0 saturated carbocycles. The second-order valence-corrected chi connectivity index (χ2v) is 3.80. The zero-order valence-electron chi connectivity index (χ0n) is 8.91. The molecule has 0 aromatic carbocycles. The van der Waals surface area contributed by atoms with Crippen molar-refractivity contribution in [1.82, 2.24) is 5.32 Å². The van der Waals surface area contributed by atoms with Gasteiger partial charge in [-0.1, -0.05) is 0 Å². The van der Waals surface area contributed by atoms with E-state index in [0.29, 0.717) is 0 Å². The van der Waals surface area contributed by atoms with Gasteiger partial charge in [0, 0.05) is 6.54 Å². The molecule has 0 saturated heterocycles. The number of hydrogen-bond donors (Lipinski definition) is 3. The molecule has 0 spiro atoms. The van der Waals surface area contributed by atoms with E-state index in [0.717, 1.165) is 0 Å². The Morgan fingerprint density at radius 2 is 2.14 bits per heavy atom. The Kier molecular flexibility index (Phi) is 5.68. The largest absolute Gasteiger partial charge is 0.462 e. The Morgan fingerprint density at radius 1 is 1.57 bits per heavy atom. The third kappa shape index (κ3) is 6.82. The van der Waals surface area contributed by atoms with Crippen LogP contribution < -0.4 is 5.32 Å². The van der Waals surface area contributed by atoms with Gasteiger partial charge in [-0.25, -0.2) is 0 Å². The first kappa shape index (κ1) is 13.4. The van der Waals surface area contributed by atoms with Crippen molar-refractivity contribution < 1.29 is 19.7 Å². The number of nitrogens with one attached hydrogen (secondary N) is 1. The summed E-state index contributed by atoms with van der Waals surface area (Å²) in [6, 6.07) is 0. The molecule has 5 heteroatoms. The number of aliphatic hydroxyl groups is 2. The van der Waals surface area contributed by atoms with Crippen molar-refractivity contribution >= 4 is 5.97 Å². The van der Waals surface area contributed by atoms with Gasteiger partial charge in [-0.15, -0.1) is 0 Å². The summed E-state index contributed by atoms with van der Waals surface area (Å²) in [5.41, 5.74) is -1.20. The first-order valence-electron chi connectivity index (χ1n) is 4.61. The van der Waals surface area contributed by atoms with Gasteiger partial charge in [-0.05, 0) is 20.8 Å². The molecule has 5 nitrogen and oxygen atoms in total. The normalized spacial score (nSPS) is 15.3. The molecule has 84 valence electrons. The summed E-state index contributed by atoms with van der Waals surface area (Å²) < 4.78 is 4.85. The van der Waals surface area contributed by atoms with Crippen molar-refractivity contribution in [2.75, 3.05) is 19.7 Å². The fourth-order valence-electron chi connectivity index (χ4n) is 0.794. The summed E-state index contributed by atoms with van der Waals surface area (Å²) >= 11 is 0. The predicted octanol–water partition coefficient (Wildman–Crippen LogP) is -0.729. The first-order valence-corrected chi connectivity index (χ1v) is 4.61. The molecule has 0 radical (unpaired) electrons. The van der Waals surface area contributed by atoms with Crippen LogP contribution in [0.5, 0.6) is 0 Å². The van der Waals surface area contributed by atoms with Crippen LogP contribution in [0.25, 0.3) is 0 Å². The van der Waals surface area contributed by atoms with Crippen LogP contribution in [0.2, 0.25) is 0 Å². The van der Waals surface area contributed by atoms with Gasteiger partial charge in [0.1, 0.15) is 0 Å². The Labute approximate surface area is 84.1 Å². The van der Waals surface area contributed by atoms with Crippen LogP contribution in [0.4, 0.5) is 0 Å². The fraction of sp³-hybridized carbons (Fsp3) is 0.889. The number of ether oxygens (including phenoxy) is 1. The summed E-state index contributed by atoms with van der Waals surface area (Å²) in [7, 11) is 0. The van der Waals surface area contributed by atoms with Crippen molar-refractivity contribution in [3.8, 4) is 0 Å². The van der Waals surface area contributed by atoms with Crippen molar-refractivity contribution in [1.29, 1.82) is 0 Å². The third-order valence-corrected chi connectivity index (χ3v) is 1.48. The van der Waals surface area contributed by atoms with Crippen LogP contribution in [0.15, 0.2) is 0 Å². The van der Waals surface area contributed by atoms with Crippen molar-refractivity contribution in [3.63, 3.8) is 0 Å². The van der Waals surface area contributed by atoms with Gasteiger partial charge in [0.25, 0.3) is 0 Å². The van der Waals surface area contributed by atoms with Gasteiger partial charge < -0.3 is 20.3 Å². The van der Waals surface area contributed by atoms with Crippen molar-refractivity contribution in [3.05, 3.63) is 0 Å². The molecule has 0 rings (SSSR count). The standard InChI is InChI=1S/C9H19NO4/c1-7(2)14-8(12)4-10-5-9(3,13)6-11/h7,10-11,13H,4-6H2,1-3H3. The molecule has 14 heavy (non-hydrogen) atoms. The van der Waals surface area contributed by atoms with E-state index in [1.54, 1.807) is 13.8 Å². The molecular weight excluding hydrogens is 186 g/mol. The molecule has 1 atom stereocenters. The number of carbonyl (C=O) groups excluding carboxylic acids is 1. The molecule has 0 aliphatic rings. The van der Waals surface area contributed by atoms with E-state index in [1.165, 1.54) is 6.92 Å². The Hall–Kier alpha value is -0.650. The van der Waals surface area contributed by atoms with Gasteiger partial charge in [0.2, 0.25) is 0 Å². The van der Waals surface area contributed by atoms with Crippen molar-refractivity contribution in [2.45, 2.75) is 32.5 Å². The lowest BCUT2D eigenvalue weighted by Crippen LogP contribution is -2.43. The molecule has 0 bridgehead atoms. The topological polar surface area (TPSA) is 78.8 Å². The minimum atomic E-state index is -1.20. The Balaban J connectivity index is 3.59. The molecule has 0 fully saturated rings. The van der Waals surface area contributed by atoms with Gasteiger partial charge in [-0.2, -0.15) is 0 Å². The minimum Gasteiger partial charge on any atom is -0.462 e. The van der Waals surface area contributed by atoms with E-state index < -0.39 is 5.60 Å². The highest BCUT2D eigenvalue weighted by atomic mass is 16.5. The summed E-state index contributed by atoms with van der Waals surface area (Å²) in [5.74, 6) is -0.367. The second kappa shape index (κ2) is 5.95. The molecule has 1 unspecified atom stereocenters. The maximum Gasteiger partial charge on any atom is 0.320 e. The predicted molar refractivity (Wildman–Crippen MR) is 51.8 cm³/mol. The second-order valence-electron chi connectivity index (χ2n) is 3.80. The zero-order chi connectivity index (χ0) is 11.2. The average Bonchev–Trinajstić information content (AvgIpc) is 2.02. The van der Waals surface area contributed by atoms with E-state index in [1.807, 2.05) is 0 Å². The minimum absolute atomic E-state index is 0.0360. The van der Waals surface area contributed by atoms with E-state index >= 15 is 0 Å². The molecule has 3 N–H and O–H groups in total. The van der Waals surface area contributed by atoms with Crippen LogP contribution in [0, 0.1) is 0 Å². The lowest BCUT2D eigenvalue weighted by atomic mass is 10.1. The maximum absolute atomic E-state index is 11.0. The lowest BCUT2D eigenvalue weighted by molar-refractivity contribution is -0.146. The molecule has 0 aromatic heterocycles. The number of carbonyl (C=O) groups is 1. The Bertz CT molecular complexity index is 180. The smallest absolute Gasteiger partial charge is 0.320 e. The van der Waals surface area contributed by atoms with Gasteiger partial charge in [0.15, 0.2) is 0 Å². The van der Waals surface area contributed by atoms with Gasteiger partial charge in [0.05, 0.1) is 24.9 Å². The highest BCUT2D eigenvalue weighted by Crippen LogP contribution is 1.98. The first-order chi connectivity index (χ1) is 6.37. The lowest BCUT2D eigenvalue weighted by Gasteiger charge is -2.20. The average molecular weight is 205 g/mol. The highest BCUT2D eigenvalue weighted by molar-refractivity contribution is 5.71. The monoisotopic (exact) mass is 205 g/mol. The summed E-state index contributed by atoms with van der Waals surface area (Å²) in [4.78, 5) is 11.0. The molecule has 0 aromatic rings. The van der Waals surface area contributed by atoms with Crippen LogP contribution in [-0.2, 0) is 9.53 Å². The van der Waals surface area contributed by atoms with Gasteiger partial charge >= 0.3 is 5.97 Å². The molecule has 0 aliphatic carbocycles. The number of hydrogen-bond acceptors (Lipinski definition) is 5. The van der Waals surface area contributed by atoms with E-state index in [4.69, 9.17) is 9.84 Å². The number of aliphatic hydroxyl groups excluding tert-OH is 1. The number of esters is 1.